The van der Waals surface area contributed by atoms with Crippen molar-refractivity contribution in [3.63, 3.8) is 0 Å². The molecule has 2 amide bonds. The highest BCUT2D eigenvalue weighted by Gasteiger charge is 2.46. The fourth-order valence-corrected chi connectivity index (χ4v) is 4.66. The molecular weight excluding hydrogens is 474 g/mol. The van der Waals surface area contributed by atoms with Crippen LogP contribution in [-0.2, 0) is 19.1 Å². The summed E-state index contributed by atoms with van der Waals surface area (Å²) in [6, 6.07) is 6.21. The molecule has 0 unspecified atom stereocenters. The number of nitrogens with one attached hydrogen (secondary N) is 1. The van der Waals surface area contributed by atoms with Crippen LogP contribution in [0, 0.1) is 5.41 Å². The van der Waals surface area contributed by atoms with Crippen molar-refractivity contribution in [3.05, 3.63) is 42.1 Å². The molecule has 4 bridgehead atoms. The molecule has 0 aliphatic carbocycles. The molecule has 0 saturated carbocycles. The van der Waals surface area contributed by atoms with Gasteiger partial charge in [-0.05, 0) is 48.3 Å². The van der Waals surface area contributed by atoms with Crippen LogP contribution in [0.2, 0.25) is 0 Å². The van der Waals surface area contributed by atoms with Crippen molar-refractivity contribution in [1.82, 2.24) is 15.2 Å². The van der Waals surface area contributed by atoms with Crippen LogP contribution in [0.4, 0.5) is 4.79 Å². The van der Waals surface area contributed by atoms with Crippen molar-refractivity contribution < 1.29 is 28.6 Å². The molecule has 1 saturated heterocycles. The maximum absolute atomic E-state index is 13.8. The molecule has 0 spiro atoms. The first-order valence-electron chi connectivity index (χ1n) is 12.8. The number of rotatable bonds is 2. The topological polar surface area (TPSA) is 107 Å². The van der Waals surface area contributed by atoms with E-state index in [1.165, 1.54) is 4.90 Å². The predicted octanol–water partition coefficient (Wildman–Crippen LogP) is 4.09. The first-order valence-corrected chi connectivity index (χ1v) is 12.8. The van der Waals surface area contributed by atoms with E-state index in [1.807, 2.05) is 57.2 Å². The largest absolute Gasteiger partial charge is 0.472 e. The molecule has 1 fully saturated rings. The lowest BCUT2D eigenvalue weighted by molar-refractivity contribution is -0.154. The molecule has 198 valence electrons. The summed E-state index contributed by atoms with van der Waals surface area (Å²) in [5, 5.41) is 4.56. The Morgan fingerprint density at radius 3 is 2.81 bits per heavy atom. The van der Waals surface area contributed by atoms with E-state index in [2.05, 4.69) is 10.3 Å². The number of pyridine rings is 1. The average Bonchev–Trinajstić information content (AvgIpc) is 3.27. The third-order valence-corrected chi connectivity index (χ3v) is 6.57. The van der Waals surface area contributed by atoms with Crippen LogP contribution in [0.5, 0.6) is 5.88 Å². The van der Waals surface area contributed by atoms with Gasteiger partial charge in [-0.25, -0.2) is 14.6 Å². The van der Waals surface area contributed by atoms with E-state index in [0.29, 0.717) is 12.3 Å². The molecule has 1 aromatic carbocycles. The number of benzene rings is 1. The van der Waals surface area contributed by atoms with Gasteiger partial charge in [0.1, 0.15) is 18.2 Å². The summed E-state index contributed by atoms with van der Waals surface area (Å²) in [6.45, 7) is 7.86. The van der Waals surface area contributed by atoms with Crippen molar-refractivity contribution >= 4 is 34.8 Å². The number of esters is 1. The van der Waals surface area contributed by atoms with Gasteiger partial charge in [0.25, 0.3) is 0 Å². The second kappa shape index (κ2) is 11.2. The second-order valence-corrected chi connectivity index (χ2v) is 10.5. The molecular formula is C28H35N3O6. The van der Waals surface area contributed by atoms with Gasteiger partial charge in [0.05, 0.1) is 19.8 Å². The van der Waals surface area contributed by atoms with Crippen molar-refractivity contribution in [2.24, 2.45) is 5.41 Å². The van der Waals surface area contributed by atoms with Crippen LogP contribution in [0.3, 0.4) is 0 Å². The molecule has 2 aliphatic rings. The summed E-state index contributed by atoms with van der Waals surface area (Å²) in [5.41, 5.74) is 0.358. The Balaban J connectivity index is 1.72. The zero-order chi connectivity index (χ0) is 26.6. The van der Waals surface area contributed by atoms with Crippen molar-refractivity contribution in [2.75, 3.05) is 19.8 Å². The smallest absolute Gasteiger partial charge is 0.407 e. The quantitative estimate of drug-likeness (QED) is 0.608. The summed E-state index contributed by atoms with van der Waals surface area (Å²) in [5.74, 6) is -0.433. The van der Waals surface area contributed by atoms with E-state index in [0.717, 1.165) is 22.8 Å². The van der Waals surface area contributed by atoms with Crippen LogP contribution < -0.4 is 10.1 Å². The summed E-state index contributed by atoms with van der Waals surface area (Å²) >= 11 is 0. The average molecular weight is 510 g/mol. The van der Waals surface area contributed by atoms with E-state index in [4.69, 9.17) is 14.2 Å². The molecule has 1 N–H and O–H groups in total. The molecule has 2 aliphatic heterocycles. The fourth-order valence-electron chi connectivity index (χ4n) is 4.66. The fraction of sp³-hybridized carbons (Fsp3) is 0.500. The number of alkyl carbamates (subject to hydrolysis) is 1. The summed E-state index contributed by atoms with van der Waals surface area (Å²) in [6.07, 6.45) is 6.20. The van der Waals surface area contributed by atoms with E-state index in [1.54, 1.807) is 13.1 Å². The molecule has 3 atom stereocenters. The van der Waals surface area contributed by atoms with Gasteiger partial charge in [0.2, 0.25) is 11.8 Å². The van der Waals surface area contributed by atoms with E-state index in [9.17, 15) is 14.4 Å². The van der Waals surface area contributed by atoms with Gasteiger partial charge in [0, 0.05) is 18.0 Å². The first kappa shape index (κ1) is 26.4. The Hall–Kier alpha value is -3.62. The van der Waals surface area contributed by atoms with Gasteiger partial charge < -0.3 is 24.4 Å². The molecule has 9 nitrogen and oxygen atoms in total. The maximum atomic E-state index is 13.8. The highest BCUT2D eigenvalue weighted by atomic mass is 16.5. The predicted molar refractivity (Wildman–Crippen MR) is 139 cm³/mol. The van der Waals surface area contributed by atoms with Gasteiger partial charge in [0.15, 0.2) is 0 Å². The van der Waals surface area contributed by atoms with Crippen molar-refractivity contribution in [3.8, 4) is 5.88 Å². The van der Waals surface area contributed by atoms with E-state index in [-0.39, 0.29) is 32.1 Å². The summed E-state index contributed by atoms with van der Waals surface area (Å²) in [7, 11) is 0. The van der Waals surface area contributed by atoms with Crippen LogP contribution in [0.25, 0.3) is 16.8 Å². The Morgan fingerprint density at radius 1 is 1.24 bits per heavy atom. The number of ether oxygens (including phenoxy) is 3. The van der Waals surface area contributed by atoms with E-state index >= 15 is 0 Å². The van der Waals surface area contributed by atoms with Crippen molar-refractivity contribution in [1.29, 1.82) is 0 Å². The molecule has 9 heteroatoms. The number of hydrogen-bond acceptors (Lipinski definition) is 7. The first-order chi connectivity index (χ1) is 17.7. The number of cyclic esters (lactones) is 1. The maximum Gasteiger partial charge on any atom is 0.407 e. The number of carbonyl (C=O) groups excluding carboxylic acids is 3. The number of hydrogen-bond donors (Lipinski definition) is 1. The molecule has 4 rings (SSSR count). The monoisotopic (exact) mass is 509 g/mol. The molecule has 3 heterocycles. The van der Waals surface area contributed by atoms with Gasteiger partial charge >= 0.3 is 12.1 Å². The lowest BCUT2D eigenvalue weighted by Crippen LogP contribution is -2.57. The Kier molecular flexibility index (Phi) is 8.00. The Morgan fingerprint density at radius 2 is 2.05 bits per heavy atom. The van der Waals surface area contributed by atoms with Crippen LogP contribution in [0.15, 0.2) is 36.5 Å². The van der Waals surface area contributed by atoms with E-state index < -0.39 is 35.7 Å². The SMILES string of the molecule is CCOC(=O)[C@@H]1C[C@@H]2CN1C(=O)[C@H](C(C)(C)C)NC(=O)OCCCC=Cc1ccc3ccnc(c3c1)O2. The number of carbonyl (C=O) groups is 3. The second-order valence-electron chi connectivity index (χ2n) is 10.5. The van der Waals surface area contributed by atoms with Crippen LogP contribution >= 0.6 is 0 Å². The summed E-state index contributed by atoms with van der Waals surface area (Å²) in [4.78, 5) is 45.2. The Bertz CT molecular complexity index is 1190. The standard InChI is InChI=1S/C28H35N3O6/c1-5-35-26(33)22-16-20-17-31(22)25(32)23(28(2,3)4)30-27(34)36-14-8-6-7-9-18-10-11-19-12-13-29-24(37-20)21(19)15-18/h7,9-13,15,20,22-23H,5-6,8,14,16-17H2,1-4H3,(H,30,34)/t20-,22+,23-/m1/s1. The highest BCUT2D eigenvalue weighted by molar-refractivity contribution is 5.91. The minimum absolute atomic E-state index is 0.156. The highest BCUT2D eigenvalue weighted by Crippen LogP contribution is 2.31. The molecule has 0 radical (unpaired) electrons. The molecule has 2 aromatic rings. The lowest BCUT2D eigenvalue weighted by atomic mass is 9.85. The van der Waals surface area contributed by atoms with Crippen LogP contribution in [0.1, 0.15) is 52.5 Å². The zero-order valence-electron chi connectivity index (χ0n) is 21.9. The van der Waals surface area contributed by atoms with Gasteiger partial charge in [-0.1, -0.05) is 45.1 Å². The number of fused-ring (bicyclic) bond motifs is 3. The lowest BCUT2D eigenvalue weighted by Gasteiger charge is -2.34. The normalized spacial score (nSPS) is 23.1. The van der Waals surface area contributed by atoms with Gasteiger partial charge in [-0.2, -0.15) is 0 Å². The van der Waals surface area contributed by atoms with Gasteiger partial charge in [-0.15, -0.1) is 0 Å². The number of nitrogens with zero attached hydrogens (tertiary/aromatic N) is 2. The number of allylic oxidation sites excluding steroid dienone is 1. The zero-order valence-corrected chi connectivity index (χ0v) is 21.9. The van der Waals surface area contributed by atoms with Crippen LogP contribution in [-0.4, -0.2) is 65.8 Å². The minimum atomic E-state index is -0.910. The molecule has 37 heavy (non-hydrogen) atoms. The molecule has 1 aromatic heterocycles. The minimum Gasteiger partial charge on any atom is -0.472 e. The third kappa shape index (κ3) is 6.21. The number of aromatic nitrogens is 1. The third-order valence-electron chi connectivity index (χ3n) is 6.57. The Labute approximate surface area is 217 Å². The number of amides is 2. The summed E-state index contributed by atoms with van der Waals surface area (Å²) < 4.78 is 17.0. The van der Waals surface area contributed by atoms with Crippen molar-refractivity contribution in [2.45, 2.75) is 65.1 Å². The van der Waals surface area contributed by atoms with Gasteiger partial charge in [-0.3, -0.25) is 4.79 Å².